The molecule has 1 aromatic carbocycles. The lowest BCUT2D eigenvalue weighted by atomic mass is 9.53. The number of hydrogen-bond donors (Lipinski definition) is 2. The Morgan fingerprint density at radius 3 is 2.68 bits per heavy atom. The van der Waals surface area contributed by atoms with Gasteiger partial charge < -0.3 is 29.5 Å². The first-order chi connectivity index (χ1) is 17.2. The molecule has 2 heterocycles. The van der Waals surface area contributed by atoms with Crippen LogP contribution in [-0.4, -0.2) is 72.8 Å². The Morgan fingerprint density at radius 2 is 2.00 bits per heavy atom. The molecule has 37 heavy (non-hydrogen) atoms. The number of carboxylic acids is 1. The molecule has 5 rings (SSSR count). The van der Waals surface area contributed by atoms with Crippen molar-refractivity contribution in [2.24, 2.45) is 11.8 Å². The molecule has 10 heteroatoms. The van der Waals surface area contributed by atoms with Gasteiger partial charge in [0.05, 0.1) is 13.5 Å². The number of likely N-dealkylation sites (N-methyl/N-ethyl adjacent to an activating group) is 1. The van der Waals surface area contributed by atoms with E-state index in [-0.39, 0.29) is 49.7 Å². The lowest BCUT2D eigenvalue weighted by Gasteiger charge is -2.56. The molecular formula is C27H36N2O7S. The van der Waals surface area contributed by atoms with E-state index in [1.165, 1.54) is 11.1 Å². The van der Waals surface area contributed by atoms with Gasteiger partial charge in [0.25, 0.3) is 0 Å². The number of methoxy groups -OCH3 is 1. The van der Waals surface area contributed by atoms with Gasteiger partial charge in [-0.25, -0.2) is 4.79 Å². The first-order valence-corrected chi connectivity index (χ1v) is 12.6. The lowest BCUT2D eigenvalue weighted by Crippen LogP contribution is -2.65. The van der Waals surface area contributed by atoms with Crippen LogP contribution in [0.5, 0.6) is 11.5 Å². The number of benzene rings is 1. The zero-order valence-electron chi connectivity index (χ0n) is 21.7. The van der Waals surface area contributed by atoms with Crippen molar-refractivity contribution in [3.05, 3.63) is 35.4 Å². The van der Waals surface area contributed by atoms with Gasteiger partial charge in [-0.15, -0.1) is 0 Å². The predicted molar refractivity (Wildman–Crippen MR) is 140 cm³/mol. The Bertz CT molecular complexity index is 1120. The first kappa shape index (κ1) is 27.3. The molecule has 1 spiro atoms. The topological polar surface area (TPSA) is 114 Å². The summed E-state index contributed by atoms with van der Waals surface area (Å²) in [5.41, 5.74) is 2.16. The summed E-state index contributed by atoms with van der Waals surface area (Å²) in [5, 5.41) is 11.8. The van der Waals surface area contributed by atoms with Gasteiger partial charge >= 0.3 is 11.9 Å². The van der Waals surface area contributed by atoms with E-state index in [2.05, 4.69) is 29.4 Å². The van der Waals surface area contributed by atoms with Crippen LogP contribution >= 0.6 is 13.5 Å². The number of aliphatic carboxylic acids is 1. The number of piperidine rings is 1. The fraction of sp³-hybridized carbons (Fsp3) is 0.593. The molecular weight excluding hydrogens is 496 g/mol. The summed E-state index contributed by atoms with van der Waals surface area (Å²) in [6, 6.07) is 3.43. The quantitative estimate of drug-likeness (QED) is 0.387. The molecule has 1 fully saturated rings. The van der Waals surface area contributed by atoms with E-state index in [4.69, 9.17) is 14.2 Å². The number of carbonyl (C=O) groups is 3. The Balaban J connectivity index is 0.00000320. The summed E-state index contributed by atoms with van der Waals surface area (Å²) in [4.78, 5) is 38.8. The van der Waals surface area contributed by atoms with E-state index in [9.17, 15) is 19.5 Å². The van der Waals surface area contributed by atoms with Gasteiger partial charge in [0.2, 0.25) is 5.91 Å². The third-order valence-electron chi connectivity index (χ3n) is 8.41. The Hall–Kier alpha value is -2.72. The highest BCUT2D eigenvalue weighted by molar-refractivity contribution is 7.59. The number of carboxylic acid groups (broad SMARTS) is 1. The van der Waals surface area contributed by atoms with Gasteiger partial charge in [0, 0.05) is 29.4 Å². The largest absolute Gasteiger partial charge is 0.493 e. The molecule has 1 amide bonds. The molecule has 2 unspecified atom stereocenters. The van der Waals surface area contributed by atoms with Crippen LogP contribution in [-0.2, 0) is 31.0 Å². The molecule has 2 bridgehead atoms. The molecule has 0 aromatic heterocycles. The second kappa shape index (κ2) is 10.2. The summed E-state index contributed by atoms with van der Waals surface area (Å²) in [6.45, 7) is 4.36. The summed E-state index contributed by atoms with van der Waals surface area (Å²) in [5.74, 6) is -0.687. The van der Waals surface area contributed by atoms with Crippen molar-refractivity contribution in [2.75, 3.05) is 20.7 Å². The normalized spacial score (nSPS) is 29.4. The molecule has 2 aliphatic carbocycles. The van der Waals surface area contributed by atoms with Crippen LogP contribution in [0, 0.1) is 11.8 Å². The lowest BCUT2D eigenvalue weighted by molar-refractivity contribution is -0.155. The summed E-state index contributed by atoms with van der Waals surface area (Å²) in [7, 11) is 3.80. The number of rotatable bonds is 8. The third-order valence-corrected chi connectivity index (χ3v) is 8.41. The third kappa shape index (κ3) is 4.37. The SMILES string of the molecule is COc1ccc2c3c1O[C@H]1[C@@H](OC(=O)CCC(=O)NC(C(=O)O)C(C)C)C=CC4[C@@H](C2)N(C)CC[C@@]341.S. The van der Waals surface area contributed by atoms with E-state index < -0.39 is 30.0 Å². The smallest absolute Gasteiger partial charge is 0.326 e. The fourth-order valence-corrected chi connectivity index (χ4v) is 6.66. The molecule has 0 saturated carbocycles. The maximum atomic E-state index is 12.8. The average molecular weight is 533 g/mol. The van der Waals surface area contributed by atoms with Crippen LogP contribution in [0.15, 0.2) is 24.3 Å². The van der Waals surface area contributed by atoms with Crippen LogP contribution in [0.1, 0.15) is 44.2 Å². The number of hydrogen-bond acceptors (Lipinski definition) is 7. The van der Waals surface area contributed by atoms with Gasteiger partial charge in [0.1, 0.15) is 12.1 Å². The van der Waals surface area contributed by atoms with E-state index in [1.54, 1.807) is 21.0 Å². The Kier molecular flexibility index (Phi) is 7.54. The molecule has 0 radical (unpaired) electrons. The highest BCUT2D eigenvalue weighted by Gasteiger charge is 2.65. The molecule has 9 nitrogen and oxygen atoms in total. The number of carbonyl (C=O) groups excluding carboxylic acids is 2. The maximum Gasteiger partial charge on any atom is 0.326 e. The standard InChI is InChI=1S/C27H34N2O7.H2S/c1-14(2)23(26(32)33)28-20(30)9-10-21(31)35-19-8-6-16-17-13-15-5-7-18(34-4)24-22(15)27(16,25(19)36-24)11-12-29(17)3;/h5-8,14,16-17,19,23,25H,9-13H2,1-4H3,(H,28,30)(H,32,33);1H2/t16?,17-,19+,23?,25+,27+;/m1./s1. The fourth-order valence-electron chi connectivity index (χ4n) is 6.66. The van der Waals surface area contributed by atoms with Gasteiger partial charge in [-0.2, -0.15) is 13.5 Å². The molecule has 202 valence electrons. The van der Waals surface area contributed by atoms with E-state index in [0.29, 0.717) is 11.8 Å². The van der Waals surface area contributed by atoms with Crippen LogP contribution < -0.4 is 14.8 Å². The number of nitrogens with one attached hydrogen (secondary N) is 1. The average Bonchev–Trinajstić information content (AvgIpc) is 3.19. The van der Waals surface area contributed by atoms with Crippen LogP contribution in [0.2, 0.25) is 0 Å². The van der Waals surface area contributed by atoms with Crippen molar-refractivity contribution in [1.29, 1.82) is 0 Å². The van der Waals surface area contributed by atoms with E-state index in [0.717, 1.165) is 25.1 Å². The number of nitrogens with zero attached hydrogens (tertiary/aromatic N) is 1. The van der Waals surface area contributed by atoms with Gasteiger partial charge in [-0.3, -0.25) is 9.59 Å². The van der Waals surface area contributed by atoms with Crippen molar-refractivity contribution in [2.45, 2.75) is 69.2 Å². The second-order valence-electron chi connectivity index (χ2n) is 10.7. The van der Waals surface area contributed by atoms with Crippen molar-refractivity contribution in [3.8, 4) is 11.5 Å². The van der Waals surface area contributed by atoms with Crippen molar-refractivity contribution < 1.29 is 33.7 Å². The van der Waals surface area contributed by atoms with Crippen LogP contribution in [0.3, 0.4) is 0 Å². The molecule has 1 saturated heterocycles. The van der Waals surface area contributed by atoms with E-state index in [1.807, 2.05) is 12.1 Å². The Labute approximate surface area is 224 Å². The van der Waals surface area contributed by atoms with Crippen molar-refractivity contribution in [1.82, 2.24) is 10.2 Å². The number of ether oxygens (including phenoxy) is 3. The summed E-state index contributed by atoms with van der Waals surface area (Å²) < 4.78 is 18.1. The summed E-state index contributed by atoms with van der Waals surface area (Å²) >= 11 is 0. The number of likely N-dealkylation sites (tertiary alicyclic amines) is 1. The minimum atomic E-state index is -1.10. The molecule has 6 atom stereocenters. The van der Waals surface area contributed by atoms with Crippen molar-refractivity contribution >= 4 is 31.3 Å². The van der Waals surface area contributed by atoms with Gasteiger partial charge in [0.15, 0.2) is 17.6 Å². The Morgan fingerprint density at radius 1 is 1.24 bits per heavy atom. The van der Waals surface area contributed by atoms with Crippen LogP contribution in [0.25, 0.3) is 0 Å². The highest BCUT2D eigenvalue weighted by Crippen LogP contribution is 2.62. The van der Waals surface area contributed by atoms with Crippen LogP contribution in [0.4, 0.5) is 0 Å². The highest BCUT2D eigenvalue weighted by atomic mass is 32.1. The first-order valence-electron chi connectivity index (χ1n) is 12.6. The zero-order chi connectivity index (χ0) is 25.8. The second-order valence-corrected chi connectivity index (χ2v) is 10.7. The molecule has 2 aliphatic heterocycles. The number of amides is 1. The minimum absolute atomic E-state index is 0. The number of esters is 1. The van der Waals surface area contributed by atoms with E-state index >= 15 is 0 Å². The molecule has 4 aliphatic rings. The van der Waals surface area contributed by atoms with Gasteiger partial charge in [-0.05, 0) is 50.1 Å². The minimum Gasteiger partial charge on any atom is -0.493 e. The maximum absolute atomic E-state index is 12.8. The van der Waals surface area contributed by atoms with Gasteiger partial charge in [-0.1, -0.05) is 26.0 Å². The van der Waals surface area contributed by atoms with Crippen molar-refractivity contribution in [3.63, 3.8) is 0 Å². The molecule has 1 aromatic rings. The zero-order valence-corrected chi connectivity index (χ0v) is 22.7. The predicted octanol–water partition coefficient (Wildman–Crippen LogP) is 2.17. The monoisotopic (exact) mass is 532 g/mol. The summed E-state index contributed by atoms with van der Waals surface area (Å²) in [6.07, 6.45) is 4.68. The molecule has 2 N–H and O–H groups in total.